The van der Waals surface area contributed by atoms with Gasteiger partial charge in [-0.25, -0.2) is 0 Å². The van der Waals surface area contributed by atoms with Gasteiger partial charge in [-0.3, -0.25) is 9.59 Å². The normalized spacial score (nSPS) is 10.4. The molecule has 3 rings (SSSR count). The Balaban J connectivity index is 1.59. The van der Waals surface area contributed by atoms with Gasteiger partial charge in [0.15, 0.2) is 5.78 Å². The number of rotatable bonds is 6. The first-order valence-corrected chi connectivity index (χ1v) is 8.69. The number of amides is 1. The van der Waals surface area contributed by atoms with Gasteiger partial charge in [0.05, 0.1) is 17.4 Å². The summed E-state index contributed by atoms with van der Waals surface area (Å²) in [7, 11) is 0. The molecule has 0 radical (unpaired) electrons. The van der Waals surface area contributed by atoms with Crippen molar-refractivity contribution in [2.45, 2.75) is 20.5 Å². The molecule has 1 heterocycles. The zero-order chi connectivity index (χ0) is 18.5. The van der Waals surface area contributed by atoms with Gasteiger partial charge in [0.2, 0.25) is 0 Å². The number of benzene rings is 2. The quantitative estimate of drug-likeness (QED) is 0.669. The highest BCUT2D eigenvalue weighted by Gasteiger charge is 2.08. The first-order valence-electron chi connectivity index (χ1n) is 7.96. The largest absolute Gasteiger partial charge is 0.487 e. The molecule has 0 spiro atoms. The lowest BCUT2D eigenvalue weighted by molar-refractivity contribution is 0.101. The van der Waals surface area contributed by atoms with Crippen LogP contribution in [0.15, 0.2) is 48.5 Å². The molecule has 0 fully saturated rings. The number of nitrogens with zero attached hydrogens (tertiary/aromatic N) is 2. The highest BCUT2D eigenvalue weighted by Crippen LogP contribution is 2.17. The summed E-state index contributed by atoms with van der Waals surface area (Å²) in [6.45, 7) is 3.73. The summed E-state index contributed by atoms with van der Waals surface area (Å²) in [6.07, 6.45) is 0. The number of carbonyl (C=O) groups is 2. The van der Waals surface area contributed by atoms with Crippen molar-refractivity contribution in [3.05, 3.63) is 71.0 Å². The van der Waals surface area contributed by atoms with Crippen LogP contribution in [0.5, 0.6) is 5.75 Å². The molecule has 6 nitrogen and oxygen atoms in total. The first-order chi connectivity index (χ1) is 12.5. The highest BCUT2D eigenvalue weighted by atomic mass is 32.1. The number of Topliss-reactive ketones (excluding diaryl/α,β-unsaturated/α-hetero) is 1. The van der Waals surface area contributed by atoms with Crippen LogP contribution in [0.25, 0.3) is 0 Å². The van der Waals surface area contributed by atoms with E-state index >= 15 is 0 Å². The molecule has 0 bridgehead atoms. The van der Waals surface area contributed by atoms with E-state index in [1.165, 1.54) is 6.92 Å². The van der Waals surface area contributed by atoms with E-state index in [2.05, 4.69) is 14.1 Å². The molecule has 1 amide bonds. The fourth-order valence-corrected chi connectivity index (χ4v) is 2.78. The summed E-state index contributed by atoms with van der Waals surface area (Å²) in [5, 5.41) is 2.80. The van der Waals surface area contributed by atoms with Gasteiger partial charge in [-0.2, -0.15) is 8.75 Å². The molecule has 1 aromatic heterocycles. The van der Waals surface area contributed by atoms with E-state index in [1.54, 1.807) is 48.5 Å². The molecular formula is C19H17N3O3S. The van der Waals surface area contributed by atoms with Gasteiger partial charge in [0, 0.05) is 16.8 Å². The molecule has 0 atom stereocenters. The minimum absolute atomic E-state index is 0.0120. The van der Waals surface area contributed by atoms with Gasteiger partial charge < -0.3 is 10.1 Å². The number of nitrogens with one attached hydrogen (secondary N) is 1. The fourth-order valence-electron chi connectivity index (χ4n) is 2.23. The minimum Gasteiger partial charge on any atom is -0.487 e. The van der Waals surface area contributed by atoms with E-state index in [4.69, 9.17) is 4.74 Å². The average Bonchev–Trinajstić information content (AvgIpc) is 3.06. The van der Waals surface area contributed by atoms with Crippen LogP contribution in [-0.2, 0) is 6.61 Å². The van der Waals surface area contributed by atoms with Crippen LogP contribution in [0, 0.1) is 6.92 Å². The fraction of sp³-hybridized carbons (Fsp3) is 0.158. The van der Waals surface area contributed by atoms with Crippen molar-refractivity contribution in [1.29, 1.82) is 0 Å². The maximum atomic E-state index is 12.3. The van der Waals surface area contributed by atoms with E-state index < -0.39 is 0 Å². The predicted octanol–water partition coefficient (Wildman–Crippen LogP) is 3.88. The molecular weight excluding hydrogens is 350 g/mol. The maximum Gasteiger partial charge on any atom is 0.255 e. The zero-order valence-electron chi connectivity index (χ0n) is 14.4. The Kier molecular flexibility index (Phi) is 5.38. The van der Waals surface area contributed by atoms with Crippen molar-refractivity contribution in [2.24, 2.45) is 0 Å². The van der Waals surface area contributed by atoms with E-state index in [0.717, 1.165) is 23.1 Å². The Morgan fingerprint density at radius 2 is 1.65 bits per heavy atom. The maximum absolute atomic E-state index is 12.3. The summed E-state index contributed by atoms with van der Waals surface area (Å²) in [6, 6.07) is 13.6. The highest BCUT2D eigenvalue weighted by molar-refractivity contribution is 6.99. The Labute approximate surface area is 155 Å². The number of hydrogen-bond acceptors (Lipinski definition) is 6. The molecule has 0 saturated carbocycles. The van der Waals surface area contributed by atoms with Crippen molar-refractivity contribution < 1.29 is 14.3 Å². The Morgan fingerprint density at radius 1 is 1.00 bits per heavy atom. The third-order valence-electron chi connectivity index (χ3n) is 3.79. The lowest BCUT2D eigenvalue weighted by Crippen LogP contribution is -2.11. The van der Waals surface area contributed by atoms with Gasteiger partial charge in [-0.15, -0.1) is 0 Å². The van der Waals surface area contributed by atoms with Crippen molar-refractivity contribution >= 4 is 29.1 Å². The number of ether oxygens (including phenoxy) is 1. The molecule has 0 aliphatic carbocycles. The van der Waals surface area contributed by atoms with Crippen molar-refractivity contribution in [3.63, 3.8) is 0 Å². The summed E-state index contributed by atoms with van der Waals surface area (Å²) in [5.41, 5.74) is 3.43. The van der Waals surface area contributed by atoms with E-state index in [1.807, 2.05) is 6.92 Å². The van der Waals surface area contributed by atoms with Crippen LogP contribution in [0.1, 0.15) is 39.0 Å². The molecule has 132 valence electrons. The van der Waals surface area contributed by atoms with E-state index in [9.17, 15) is 9.59 Å². The van der Waals surface area contributed by atoms with Crippen LogP contribution >= 0.6 is 11.7 Å². The number of aromatic nitrogens is 2. The van der Waals surface area contributed by atoms with Crippen molar-refractivity contribution in [1.82, 2.24) is 8.75 Å². The standard InChI is InChI=1S/C19H17N3O3S/c1-12-18(22-26-21-12)11-25-17-9-5-15(6-10-17)19(24)20-16-7-3-14(4-8-16)13(2)23/h3-10H,11H2,1-2H3,(H,20,24). The summed E-state index contributed by atoms with van der Waals surface area (Å²) in [5.74, 6) is 0.411. The molecule has 0 aliphatic heterocycles. The number of carbonyl (C=O) groups excluding carboxylic acids is 2. The summed E-state index contributed by atoms with van der Waals surface area (Å²) < 4.78 is 13.9. The van der Waals surface area contributed by atoms with Gasteiger partial charge in [0.1, 0.15) is 18.1 Å². The molecule has 0 aliphatic rings. The van der Waals surface area contributed by atoms with Gasteiger partial charge >= 0.3 is 0 Å². The lowest BCUT2D eigenvalue weighted by atomic mass is 10.1. The molecule has 0 unspecified atom stereocenters. The topological polar surface area (TPSA) is 81.2 Å². The van der Waals surface area contributed by atoms with E-state index in [-0.39, 0.29) is 11.7 Å². The van der Waals surface area contributed by atoms with Crippen LogP contribution in [0.3, 0.4) is 0 Å². The van der Waals surface area contributed by atoms with Crippen LogP contribution < -0.4 is 10.1 Å². The van der Waals surface area contributed by atoms with Crippen molar-refractivity contribution in [3.8, 4) is 5.75 Å². The second kappa shape index (κ2) is 7.88. The number of aryl methyl sites for hydroxylation is 1. The minimum atomic E-state index is -0.230. The Hall–Kier alpha value is -3.06. The smallest absolute Gasteiger partial charge is 0.255 e. The van der Waals surface area contributed by atoms with Gasteiger partial charge in [0.25, 0.3) is 5.91 Å². The number of anilines is 1. The van der Waals surface area contributed by atoms with Crippen LogP contribution in [0.2, 0.25) is 0 Å². The predicted molar refractivity (Wildman–Crippen MR) is 99.8 cm³/mol. The molecule has 3 aromatic rings. The second-order valence-corrected chi connectivity index (χ2v) is 6.23. The Morgan fingerprint density at radius 3 is 2.23 bits per heavy atom. The zero-order valence-corrected chi connectivity index (χ0v) is 15.2. The van der Waals surface area contributed by atoms with Gasteiger partial charge in [-0.05, 0) is 62.4 Å². The monoisotopic (exact) mass is 367 g/mol. The SMILES string of the molecule is CC(=O)c1ccc(NC(=O)c2ccc(OCc3nsnc3C)cc2)cc1. The number of ketones is 1. The molecule has 7 heteroatoms. The van der Waals surface area contributed by atoms with E-state index in [0.29, 0.717) is 29.2 Å². The first kappa shape index (κ1) is 17.8. The second-order valence-electron chi connectivity index (χ2n) is 5.70. The lowest BCUT2D eigenvalue weighted by Gasteiger charge is -2.08. The van der Waals surface area contributed by atoms with Gasteiger partial charge in [-0.1, -0.05) is 0 Å². The third kappa shape index (κ3) is 4.31. The summed E-state index contributed by atoms with van der Waals surface area (Å²) >= 11 is 1.16. The third-order valence-corrected chi connectivity index (χ3v) is 4.45. The molecule has 2 aromatic carbocycles. The average molecular weight is 367 g/mol. The Bertz CT molecular complexity index is 918. The van der Waals surface area contributed by atoms with Crippen molar-refractivity contribution in [2.75, 3.05) is 5.32 Å². The summed E-state index contributed by atoms with van der Waals surface area (Å²) in [4.78, 5) is 23.6. The van der Waals surface area contributed by atoms with Crippen LogP contribution in [-0.4, -0.2) is 20.4 Å². The van der Waals surface area contributed by atoms with Crippen LogP contribution in [0.4, 0.5) is 5.69 Å². The molecule has 0 saturated heterocycles. The molecule has 1 N–H and O–H groups in total. The number of hydrogen-bond donors (Lipinski definition) is 1. The molecule has 26 heavy (non-hydrogen) atoms.